The third kappa shape index (κ3) is 1.78. The molecule has 88 valence electrons. The van der Waals surface area contributed by atoms with Gasteiger partial charge in [-0.25, -0.2) is 9.97 Å². The van der Waals surface area contributed by atoms with E-state index in [4.69, 9.17) is 5.73 Å². The largest absolute Gasteiger partial charge is 0.384 e. The maximum absolute atomic E-state index is 5.80. The zero-order valence-corrected chi connectivity index (χ0v) is 10.3. The molecule has 1 saturated heterocycles. The summed E-state index contributed by atoms with van der Waals surface area (Å²) in [4.78, 5) is 11.4. The lowest BCUT2D eigenvalue weighted by Gasteiger charge is -2.33. The highest BCUT2D eigenvalue weighted by atomic mass is 15.2. The SMILES string of the molecule is CCN1CCC[C@@]1(C)c1nc(C)cc(N)n1. The van der Waals surface area contributed by atoms with Crippen LogP contribution in [0.1, 0.15) is 38.2 Å². The number of anilines is 1. The highest BCUT2D eigenvalue weighted by molar-refractivity contribution is 5.31. The molecule has 0 aromatic carbocycles. The van der Waals surface area contributed by atoms with Gasteiger partial charge >= 0.3 is 0 Å². The number of aromatic nitrogens is 2. The lowest BCUT2D eigenvalue weighted by atomic mass is 9.97. The number of nitrogen functional groups attached to an aromatic ring is 1. The third-order valence-corrected chi connectivity index (χ3v) is 3.53. The standard InChI is InChI=1S/C12H20N4/c1-4-16-7-5-6-12(16,3)11-14-9(2)8-10(13)15-11/h8H,4-7H2,1-3H3,(H2,13,14,15)/t12-/m0/s1. The monoisotopic (exact) mass is 220 g/mol. The molecule has 1 fully saturated rings. The summed E-state index contributed by atoms with van der Waals surface area (Å²) in [5.41, 5.74) is 6.72. The first-order valence-corrected chi connectivity index (χ1v) is 5.93. The summed E-state index contributed by atoms with van der Waals surface area (Å²) in [6.45, 7) is 8.54. The summed E-state index contributed by atoms with van der Waals surface area (Å²) in [6, 6.07) is 1.82. The first-order chi connectivity index (χ1) is 7.56. The van der Waals surface area contributed by atoms with Gasteiger partial charge in [0.25, 0.3) is 0 Å². The minimum Gasteiger partial charge on any atom is -0.384 e. The number of aryl methyl sites for hydroxylation is 1. The molecule has 16 heavy (non-hydrogen) atoms. The molecule has 0 saturated carbocycles. The van der Waals surface area contributed by atoms with Gasteiger partial charge < -0.3 is 5.73 Å². The summed E-state index contributed by atoms with van der Waals surface area (Å²) >= 11 is 0. The fraction of sp³-hybridized carbons (Fsp3) is 0.667. The topological polar surface area (TPSA) is 55.0 Å². The Labute approximate surface area is 96.9 Å². The average Bonchev–Trinajstić information content (AvgIpc) is 2.59. The normalized spacial score (nSPS) is 26.2. The Morgan fingerprint density at radius 1 is 1.50 bits per heavy atom. The van der Waals surface area contributed by atoms with Gasteiger partial charge in [-0.1, -0.05) is 6.92 Å². The van der Waals surface area contributed by atoms with E-state index < -0.39 is 0 Å². The minimum atomic E-state index is -0.0328. The highest BCUT2D eigenvalue weighted by Gasteiger charge is 2.39. The van der Waals surface area contributed by atoms with Crippen LogP contribution < -0.4 is 5.73 Å². The van der Waals surface area contributed by atoms with Crippen molar-refractivity contribution < 1.29 is 0 Å². The van der Waals surface area contributed by atoms with Crippen molar-refractivity contribution in [2.45, 2.75) is 39.2 Å². The van der Waals surface area contributed by atoms with Crippen molar-refractivity contribution in [1.82, 2.24) is 14.9 Å². The predicted molar refractivity (Wildman–Crippen MR) is 65.0 cm³/mol. The molecule has 0 spiro atoms. The number of nitrogens with two attached hydrogens (primary N) is 1. The number of hydrogen-bond donors (Lipinski definition) is 1. The summed E-state index contributed by atoms with van der Waals surface area (Å²) in [5.74, 6) is 1.45. The van der Waals surface area contributed by atoms with Crippen molar-refractivity contribution in [2.24, 2.45) is 0 Å². The molecule has 4 heteroatoms. The minimum absolute atomic E-state index is 0.0328. The van der Waals surface area contributed by atoms with Crippen molar-refractivity contribution in [3.05, 3.63) is 17.6 Å². The van der Waals surface area contributed by atoms with Crippen LogP contribution in [-0.4, -0.2) is 28.0 Å². The van der Waals surface area contributed by atoms with E-state index in [2.05, 4.69) is 28.7 Å². The van der Waals surface area contributed by atoms with E-state index in [-0.39, 0.29) is 5.54 Å². The van der Waals surface area contributed by atoms with Crippen molar-refractivity contribution in [1.29, 1.82) is 0 Å². The second-order valence-corrected chi connectivity index (χ2v) is 4.71. The van der Waals surface area contributed by atoms with Crippen molar-refractivity contribution >= 4 is 5.82 Å². The van der Waals surface area contributed by atoms with Gasteiger partial charge in [0, 0.05) is 11.8 Å². The molecule has 2 heterocycles. The molecule has 1 aliphatic rings. The zero-order chi connectivity index (χ0) is 11.8. The Hall–Kier alpha value is -1.16. The number of nitrogens with zero attached hydrogens (tertiary/aromatic N) is 3. The Morgan fingerprint density at radius 2 is 2.25 bits per heavy atom. The van der Waals surface area contributed by atoms with E-state index in [1.165, 1.54) is 6.42 Å². The van der Waals surface area contributed by atoms with E-state index in [1.54, 1.807) is 0 Å². The lowest BCUT2D eigenvalue weighted by molar-refractivity contribution is 0.155. The molecule has 0 aliphatic carbocycles. The van der Waals surface area contributed by atoms with E-state index in [0.29, 0.717) is 5.82 Å². The molecule has 1 aromatic heterocycles. The maximum atomic E-state index is 5.80. The van der Waals surface area contributed by atoms with Crippen LogP contribution in [0.15, 0.2) is 6.07 Å². The fourth-order valence-corrected chi connectivity index (χ4v) is 2.61. The quantitative estimate of drug-likeness (QED) is 0.824. The van der Waals surface area contributed by atoms with Gasteiger partial charge in [0.1, 0.15) is 5.82 Å². The van der Waals surface area contributed by atoms with E-state index in [9.17, 15) is 0 Å². The van der Waals surface area contributed by atoms with Gasteiger partial charge in [-0.3, -0.25) is 4.90 Å². The van der Waals surface area contributed by atoms with Crippen LogP contribution in [0.4, 0.5) is 5.82 Å². The van der Waals surface area contributed by atoms with Gasteiger partial charge in [0.15, 0.2) is 5.82 Å². The lowest BCUT2D eigenvalue weighted by Crippen LogP contribution is -2.40. The van der Waals surface area contributed by atoms with Crippen LogP contribution in [0.2, 0.25) is 0 Å². The number of rotatable bonds is 2. The van der Waals surface area contributed by atoms with Gasteiger partial charge in [-0.2, -0.15) is 0 Å². The van der Waals surface area contributed by atoms with Gasteiger partial charge in [-0.15, -0.1) is 0 Å². The average molecular weight is 220 g/mol. The molecule has 1 aliphatic heterocycles. The Kier molecular flexibility index (Phi) is 2.84. The van der Waals surface area contributed by atoms with E-state index in [0.717, 1.165) is 31.0 Å². The van der Waals surface area contributed by atoms with Gasteiger partial charge in [-0.05, 0) is 39.8 Å². The molecule has 0 unspecified atom stereocenters. The second-order valence-electron chi connectivity index (χ2n) is 4.71. The van der Waals surface area contributed by atoms with E-state index in [1.807, 2.05) is 13.0 Å². The molecule has 2 N–H and O–H groups in total. The molecular formula is C12H20N4. The van der Waals surface area contributed by atoms with Crippen LogP contribution >= 0.6 is 0 Å². The summed E-state index contributed by atoms with van der Waals surface area (Å²) in [6.07, 6.45) is 2.32. The molecule has 4 nitrogen and oxygen atoms in total. The third-order valence-electron chi connectivity index (χ3n) is 3.53. The maximum Gasteiger partial charge on any atom is 0.150 e. The molecule has 0 radical (unpaired) electrons. The summed E-state index contributed by atoms with van der Waals surface area (Å²) in [5, 5.41) is 0. The summed E-state index contributed by atoms with van der Waals surface area (Å²) < 4.78 is 0. The van der Waals surface area contributed by atoms with Crippen molar-refractivity contribution in [3.63, 3.8) is 0 Å². The first-order valence-electron chi connectivity index (χ1n) is 5.93. The van der Waals surface area contributed by atoms with Crippen LogP contribution in [0.25, 0.3) is 0 Å². The number of hydrogen-bond acceptors (Lipinski definition) is 4. The Morgan fingerprint density at radius 3 is 2.88 bits per heavy atom. The Balaban J connectivity index is 2.41. The second kappa shape index (κ2) is 4.01. The van der Waals surface area contributed by atoms with Gasteiger partial charge in [0.05, 0.1) is 5.54 Å². The van der Waals surface area contributed by atoms with Gasteiger partial charge in [0.2, 0.25) is 0 Å². The molecular weight excluding hydrogens is 200 g/mol. The van der Waals surface area contributed by atoms with Crippen LogP contribution in [0.3, 0.4) is 0 Å². The van der Waals surface area contributed by atoms with E-state index >= 15 is 0 Å². The molecule has 0 amide bonds. The predicted octanol–water partition coefficient (Wildman–Crippen LogP) is 1.70. The van der Waals surface area contributed by atoms with Crippen molar-refractivity contribution in [3.8, 4) is 0 Å². The van der Waals surface area contributed by atoms with Crippen LogP contribution in [0.5, 0.6) is 0 Å². The van der Waals surface area contributed by atoms with Crippen molar-refractivity contribution in [2.75, 3.05) is 18.8 Å². The molecule has 1 aromatic rings. The van der Waals surface area contributed by atoms with Crippen LogP contribution in [-0.2, 0) is 5.54 Å². The number of likely N-dealkylation sites (tertiary alicyclic amines) is 1. The van der Waals surface area contributed by atoms with Crippen LogP contribution in [0, 0.1) is 6.92 Å². The Bertz CT molecular complexity index is 370. The summed E-state index contributed by atoms with van der Waals surface area (Å²) in [7, 11) is 0. The molecule has 2 rings (SSSR count). The molecule has 0 bridgehead atoms. The first kappa shape index (κ1) is 11.3. The fourth-order valence-electron chi connectivity index (χ4n) is 2.61. The zero-order valence-electron chi connectivity index (χ0n) is 10.3. The highest BCUT2D eigenvalue weighted by Crippen LogP contribution is 2.36. The smallest absolute Gasteiger partial charge is 0.150 e. The molecule has 1 atom stereocenters.